The summed E-state index contributed by atoms with van der Waals surface area (Å²) < 4.78 is 1.89. The number of hydrogen-bond acceptors (Lipinski definition) is 3. The maximum absolute atomic E-state index is 13.2. The second-order valence-corrected chi connectivity index (χ2v) is 8.20. The van der Waals surface area contributed by atoms with Gasteiger partial charge >= 0.3 is 0 Å². The van der Waals surface area contributed by atoms with Gasteiger partial charge in [-0.25, -0.2) is 4.98 Å². The van der Waals surface area contributed by atoms with Crippen LogP contribution in [0.3, 0.4) is 0 Å². The van der Waals surface area contributed by atoms with Crippen LogP contribution in [0.25, 0.3) is 5.65 Å². The van der Waals surface area contributed by atoms with Crippen LogP contribution in [0.15, 0.2) is 48.8 Å². The molecule has 2 amide bonds. The molecule has 6 nitrogen and oxygen atoms in total. The summed E-state index contributed by atoms with van der Waals surface area (Å²) in [5, 5.41) is 3.00. The molecule has 2 aliphatic rings. The van der Waals surface area contributed by atoms with Gasteiger partial charge in [0.25, 0.3) is 11.8 Å². The molecule has 2 heterocycles. The Labute approximate surface area is 169 Å². The van der Waals surface area contributed by atoms with Gasteiger partial charge < -0.3 is 14.6 Å². The van der Waals surface area contributed by atoms with Crippen molar-refractivity contribution >= 4 is 17.5 Å². The molecule has 0 atom stereocenters. The first-order chi connectivity index (χ1) is 14.1. The second kappa shape index (κ2) is 7.03. The maximum Gasteiger partial charge on any atom is 0.274 e. The van der Waals surface area contributed by atoms with Gasteiger partial charge in [0.2, 0.25) is 0 Å². The molecule has 1 N–H and O–H groups in total. The summed E-state index contributed by atoms with van der Waals surface area (Å²) in [6.07, 6.45) is 7.94. The van der Waals surface area contributed by atoms with Gasteiger partial charge in [-0.05, 0) is 68.0 Å². The van der Waals surface area contributed by atoms with Crippen LogP contribution in [-0.4, -0.2) is 38.2 Å². The van der Waals surface area contributed by atoms with Crippen molar-refractivity contribution in [3.05, 3.63) is 71.2 Å². The van der Waals surface area contributed by atoms with E-state index in [2.05, 4.69) is 10.3 Å². The minimum absolute atomic E-state index is 0.0193. The van der Waals surface area contributed by atoms with Crippen molar-refractivity contribution in [2.45, 2.75) is 51.2 Å². The Morgan fingerprint density at radius 1 is 1.14 bits per heavy atom. The quantitative estimate of drug-likeness (QED) is 0.704. The summed E-state index contributed by atoms with van der Waals surface area (Å²) in [5.41, 5.74) is 4.07. The maximum atomic E-state index is 13.2. The lowest BCUT2D eigenvalue weighted by Gasteiger charge is -2.21. The van der Waals surface area contributed by atoms with E-state index in [1.54, 1.807) is 6.20 Å². The lowest BCUT2D eigenvalue weighted by molar-refractivity contribution is 0.0724. The molecule has 2 aliphatic carbocycles. The van der Waals surface area contributed by atoms with Crippen LogP contribution in [0.2, 0.25) is 0 Å². The summed E-state index contributed by atoms with van der Waals surface area (Å²) in [7, 11) is 0. The van der Waals surface area contributed by atoms with Gasteiger partial charge in [-0.3, -0.25) is 9.59 Å². The molecular formula is C23H24N4O2. The fourth-order valence-electron chi connectivity index (χ4n) is 3.54. The molecule has 0 bridgehead atoms. The molecule has 0 unspecified atom stereocenters. The lowest BCUT2D eigenvalue weighted by Crippen LogP contribution is -2.33. The zero-order chi connectivity index (χ0) is 20.0. The average molecular weight is 388 g/mol. The number of nitrogens with one attached hydrogen (secondary N) is 1. The highest BCUT2D eigenvalue weighted by Crippen LogP contribution is 2.30. The van der Waals surface area contributed by atoms with Gasteiger partial charge in [-0.15, -0.1) is 0 Å². The largest absolute Gasteiger partial charge is 0.349 e. The van der Waals surface area contributed by atoms with Crippen molar-refractivity contribution in [3.63, 3.8) is 0 Å². The first kappa shape index (κ1) is 17.9. The molecule has 1 aromatic carbocycles. The minimum atomic E-state index is -0.0376. The van der Waals surface area contributed by atoms with E-state index >= 15 is 0 Å². The average Bonchev–Trinajstić information content (AvgIpc) is 3.65. The predicted molar refractivity (Wildman–Crippen MR) is 110 cm³/mol. The van der Waals surface area contributed by atoms with E-state index in [9.17, 15) is 9.59 Å². The van der Waals surface area contributed by atoms with E-state index in [1.165, 1.54) is 0 Å². The molecule has 2 fully saturated rings. The monoisotopic (exact) mass is 388 g/mol. The molecule has 0 saturated heterocycles. The third-order valence-corrected chi connectivity index (χ3v) is 5.56. The molecule has 0 spiro atoms. The topological polar surface area (TPSA) is 66.7 Å². The molecule has 0 radical (unpaired) electrons. The molecule has 2 aromatic heterocycles. The second-order valence-electron chi connectivity index (χ2n) is 8.20. The van der Waals surface area contributed by atoms with Crippen LogP contribution in [0.1, 0.15) is 57.7 Å². The Balaban J connectivity index is 1.33. The Kier molecular flexibility index (Phi) is 4.34. The summed E-state index contributed by atoms with van der Waals surface area (Å²) >= 11 is 0. The fraction of sp³-hybridized carbons (Fsp3) is 0.348. The Bertz CT molecular complexity index is 1080. The number of imidazole rings is 1. The summed E-state index contributed by atoms with van der Waals surface area (Å²) in [5.74, 6) is -0.0569. The number of rotatable bonds is 6. The van der Waals surface area contributed by atoms with Crippen LogP contribution in [0.4, 0.5) is 0 Å². The minimum Gasteiger partial charge on any atom is -0.349 e. The van der Waals surface area contributed by atoms with Gasteiger partial charge in [0.1, 0.15) is 11.3 Å². The standard InChI is InChI=1S/C23H24N4O2/c1-15-10-11-26-14-20(25-21(26)12-15)23(29)27(19-8-9-19)13-16-2-4-17(5-3-16)22(28)24-18-6-7-18/h2-5,10-12,14,18-19H,6-9,13H2,1H3,(H,24,28). The fourth-order valence-corrected chi connectivity index (χ4v) is 3.54. The number of carbonyl (C=O) groups is 2. The zero-order valence-electron chi connectivity index (χ0n) is 16.5. The molecular weight excluding hydrogens is 364 g/mol. The molecule has 2 saturated carbocycles. The van der Waals surface area contributed by atoms with Gasteiger partial charge in [-0.2, -0.15) is 0 Å². The third kappa shape index (κ3) is 3.88. The number of aromatic nitrogens is 2. The first-order valence-corrected chi connectivity index (χ1v) is 10.2. The highest BCUT2D eigenvalue weighted by molar-refractivity contribution is 5.95. The normalized spacial score (nSPS) is 16.0. The van der Waals surface area contributed by atoms with E-state index in [0.29, 0.717) is 23.8 Å². The Hall–Kier alpha value is -3.15. The van der Waals surface area contributed by atoms with E-state index in [4.69, 9.17) is 0 Å². The predicted octanol–water partition coefficient (Wildman–Crippen LogP) is 3.34. The smallest absolute Gasteiger partial charge is 0.274 e. The number of hydrogen-bond donors (Lipinski definition) is 1. The number of carbonyl (C=O) groups excluding carboxylic acids is 2. The number of fused-ring (bicyclic) bond motifs is 1. The molecule has 29 heavy (non-hydrogen) atoms. The van der Waals surface area contributed by atoms with Crippen LogP contribution in [0, 0.1) is 6.92 Å². The third-order valence-electron chi connectivity index (χ3n) is 5.56. The van der Waals surface area contributed by atoms with Crippen LogP contribution in [0.5, 0.6) is 0 Å². The number of benzene rings is 1. The Morgan fingerprint density at radius 2 is 1.90 bits per heavy atom. The van der Waals surface area contributed by atoms with Crippen molar-refractivity contribution < 1.29 is 9.59 Å². The van der Waals surface area contributed by atoms with Gasteiger partial charge in [0.05, 0.1) is 0 Å². The van der Waals surface area contributed by atoms with Crippen LogP contribution in [-0.2, 0) is 6.54 Å². The van der Waals surface area contributed by atoms with E-state index < -0.39 is 0 Å². The highest BCUT2D eigenvalue weighted by Gasteiger charge is 2.34. The molecule has 6 heteroatoms. The highest BCUT2D eigenvalue weighted by atomic mass is 16.2. The van der Waals surface area contributed by atoms with Crippen LogP contribution >= 0.6 is 0 Å². The summed E-state index contributed by atoms with van der Waals surface area (Å²) in [4.78, 5) is 31.8. The van der Waals surface area contributed by atoms with Crippen molar-refractivity contribution in [2.24, 2.45) is 0 Å². The number of nitrogens with zero attached hydrogens (tertiary/aromatic N) is 3. The molecule has 148 valence electrons. The Morgan fingerprint density at radius 3 is 2.59 bits per heavy atom. The van der Waals surface area contributed by atoms with Crippen molar-refractivity contribution in [2.75, 3.05) is 0 Å². The van der Waals surface area contributed by atoms with E-state index in [0.717, 1.165) is 42.5 Å². The number of aryl methyl sites for hydroxylation is 1. The SMILES string of the molecule is Cc1ccn2cc(C(=O)N(Cc3ccc(C(=O)NC4CC4)cc3)C3CC3)nc2c1. The van der Waals surface area contributed by atoms with Gasteiger partial charge in [-0.1, -0.05) is 12.1 Å². The van der Waals surface area contributed by atoms with E-state index in [-0.39, 0.29) is 17.9 Å². The molecule has 0 aliphatic heterocycles. The summed E-state index contributed by atoms with van der Waals surface area (Å²) in [6.45, 7) is 2.54. The van der Waals surface area contributed by atoms with Crippen molar-refractivity contribution in [1.29, 1.82) is 0 Å². The lowest BCUT2D eigenvalue weighted by atomic mass is 10.1. The molecule has 5 rings (SSSR count). The van der Waals surface area contributed by atoms with Crippen LogP contribution < -0.4 is 5.32 Å². The number of pyridine rings is 1. The zero-order valence-corrected chi connectivity index (χ0v) is 16.5. The van der Waals surface area contributed by atoms with Crippen molar-refractivity contribution in [3.8, 4) is 0 Å². The van der Waals surface area contributed by atoms with E-state index in [1.807, 2.05) is 58.8 Å². The first-order valence-electron chi connectivity index (χ1n) is 10.2. The van der Waals surface area contributed by atoms with Gasteiger partial charge in [0, 0.05) is 36.6 Å². The molecule has 3 aromatic rings. The number of amides is 2. The van der Waals surface area contributed by atoms with Crippen molar-refractivity contribution in [1.82, 2.24) is 19.6 Å². The van der Waals surface area contributed by atoms with Gasteiger partial charge in [0.15, 0.2) is 0 Å². The summed E-state index contributed by atoms with van der Waals surface area (Å²) in [6, 6.07) is 12.2.